The lowest BCUT2D eigenvalue weighted by atomic mass is 10.0. The van der Waals surface area contributed by atoms with Crippen molar-refractivity contribution in [1.82, 2.24) is 25.8 Å². The van der Waals surface area contributed by atoms with Crippen molar-refractivity contribution in [1.29, 1.82) is 0 Å². The molecule has 1 saturated heterocycles. The second-order valence-corrected chi connectivity index (χ2v) is 6.55. The van der Waals surface area contributed by atoms with Crippen LogP contribution in [0.5, 0.6) is 0 Å². The van der Waals surface area contributed by atoms with Crippen LogP contribution in [0, 0.1) is 0 Å². The number of methoxy groups -OCH3 is 1. The minimum atomic E-state index is -0.102. The number of aromatic nitrogens is 1. The minimum absolute atomic E-state index is 0.102. The van der Waals surface area contributed by atoms with Crippen LogP contribution in [0.15, 0.2) is 29.4 Å². The number of likely N-dealkylation sites (tertiary alicyclic amines) is 1. The van der Waals surface area contributed by atoms with Gasteiger partial charge in [0.05, 0.1) is 12.3 Å². The second kappa shape index (κ2) is 12.2. The first-order valence-corrected chi connectivity index (χ1v) is 9.64. The van der Waals surface area contributed by atoms with Crippen molar-refractivity contribution < 1.29 is 9.53 Å². The Labute approximate surface area is 161 Å². The molecule has 27 heavy (non-hydrogen) atoms. The maximum Gasteiger partial charge on any atom is 0.241 e. The number of hydrogen-bond acceptors (Lipinski definition) is 5. The molecule has 0 aromatic carbocycles. The minimum Gasteiger partial charge on any atom is -0.383 e. The normalized spacial score (nSPS) is 16.1. The van der Waals surface area contributed by atoms with Crippen molar-refractivity contribution in [2.75, 3.05) is 46.4 Å². The van der Waals surface area contributed by atoms with Gasteiger partial charge in [0.1, 0.15) is 6.54 Å². The molecular weight excluding hydrogens is 344 g/mol. The maximum atomic E-state index is 11.8. The van der Waals surface area contributed by atoms with Gasteiger partial charge in [-0.05, 0) is 31.9 Å². The summed E-state index contributed by atoms with van der Waals surface area (Å²) >= 11 is 0. The summed E-state index contributed by atoms with van der Waals surface area (Å²) in [6, 6.07) is 6.40. The van der Waals surface area contributed by atoms with Crippen LogP contribution in [-0.2, 0) is 16.1 Å². The smallest absolute Gasteiger partial charge is 0.241 e. The van der Waals surface area contributed by atoms with E-state index < -0.39 is 0 Å². The van der Waals surface area contributed by atoms with E-state index in [9.17, 15) is 4.79 Å². The molecule has 8 nitrogen and oxygen atoms in total. The molecule has 0 aliphatic carbocycles. The summed E-state index contributed by atoms with van der Waals surface area (Å²) in [5.74, 6) is 0.594. The summed E-state index contributed by atoms with van der Waals surface area (Å²) in [4.78, 5) is 23.0. The average Bonchev–Trinajstić information content (AvgIpc) is 2.69. The van der Waals surface area contributed by atoms with Crippen molar-refractivity contribution in [3.05, 3.63) is 30.1 Å². The van der Waals surface area contributed by atoms with Crippen molar-refractivity contribution in [2.24, 2.45) is 4.99 Å². The summed E-state index contributed by atoms with van der Waals surface area (Å²) in [5.41, 5.74) is 1.11. The van der Waals surface area contributed by atoms with Gasteiger partial charge in [0.25, 0.3) is 0 Å². The molecule has 3 N–H and O–H groups in total. The Morgan fingerprint density at radius 1 is 1.33 bits per heavy atom. The number of nitrogens with zero attached hydrogens (tertiary/aromatic N) is 3. The van der Waals surface area contributed by atoms with E-state index in [2.05, 4.69) is 36.9 Å². The van der Waals surface area contributed by atoms with E-state index in [1.54, 1.807) is 7.11 Å². The number of amides is 1. The molecular formula is C19H32N6O2. The molecule has 1 aromatic rings. The van der Waals surface area contributed by atoms with Gasteiger partial charge in [-0.15, -0.1) is 0 Å². The lowest BCUT2D eigenvalue weighted by molar-refractivity contribution is -0.119. The zero-order valence-electron chi connectivity index (χ0n) is 16.4. The highest BCUT2D eigenvalue weighted by Crippen LogP contribution is 2.12. The third-order valence-electron chi connectivity index (χ3n) is 4.39. The van der Waals surface area contributed by atoms with Crippen LogP contribution >= 0.6 is 0 Å². The fraction of sp³-hybridized carbons (Fsp3) is 0.632. The number of carbonyl (C=O) groups excluding carboxylic acids is 1. The SMILES string of the molecule is CCNC(=NCC(=O)NCCOC)NC1CCN(Cc2ccccn2)CC1. The molecule has 1 amide bonds. The molecule has 1 aromatic heterocycles. The van der Waals surface area contributed by atoms with Crippen LogP contribution in [0.4, 0.5) is 0 Å². The maximum absolute atomic E-state index is 11.8. The van der Waals surface area contributed by atoms with Crippen molar-refractivity contribution in [3.8, 4) is 0 Å². The Morgan fingerprint density at radius 2 is 2.15 bits per heavy atom. The van der Waals surface area contributed by atoms with Gasteiger partial charge in [0.15, 0.2) is 5.96 Å². The zero-order chi connectivity index (χ0) is 19.3. The molecule has 2 rings (SSSR count). The number of ether oxygens (including phenoxy) is 1. The van der Waals surface area contributed by atoms with Crippen molar-refractivity contribution in [3.63, 3.8) is 0 Å². The predicted molar refractivity (Wildman–Crippen MR) is 107 cm³/mol. The summed E-state index contributed by atoms with van der Waals surface area (Å²) in [6.07, 6.45) is 3.92. The number of rotatable bonds is 9. The van der Waals surface area contributed by atoms with Crippen LogP contribution in [0.25, 0.3) is 0 Å². The fourth-order valence-electron chi connectivity index (χ4n) is 2.97. The fourth-order valence-corrected chi connectivity index (χ4v) is 2.97. The van der Waals surface area contributed by atoms with Crippen LogP contribution in [-0.4, -0.2) is 74.2 Å². The number of guanidine groups is 1. The molecule has 0 atom stereocenters. The highest BCUT2D eigenvalue weighted by molar-refractivity contribution is 5.85. The van der Waals surface area contributed by atoms with Gasteiger partial charge in [0.2, 0.25) is 5.91 Å². The highest BCUT2D eigenvalue weighted by Gasteiger charge is 2.20. The summed E-state index contributed by atoms with van der Waals surface area (Å²) in [7, 11) is 1.61. The lowest BCUT2D eigenvalue weighted by Gasteiger charge is -2.32. The molecule has 2 heterocycles. The van der Waals surface area contributed by atoms with E-state index in [1.807, 2.05) is 25.3 Å². The summed E-state index contributed by atoms with van der Waals surface area (Å²) in [6.45, 7) is 6.83. The Kier molecular flexibility index (Phi) is 9.57. The molecule has 1 fully saturated rings. The molecule has 0 saturated carbocycles. The van der Waals surface area contributed by atoms with Crippen LogP contribution in [0.2, 0.25) is 0 Å². The number of aliphatic imine (C=N–C) groups is 1. The number of hydrogen-bond donors (Lipinski definition) is 3. The molecule has 1 aliphatic rings. The highest BCUT2D eigenvalue weighted by atomic mass is 16.5. The Bertz CT molecular complexity index is 573. The van der Waals surface area contributed by atoms with E-state index in [0.717, 1.165) is 44.7 Å². The first-order chi connectivity index (χ1) is 13.2. The van der Waals surface area contributed by atoms with E-state index in [1.165, 1.54) is 0 Å². The Balaban J connectivity index is 1.74. The standard InChI is InChI=1S/C19H32N6O2/c1-3-20-19(23-14-18(26)22-10-13-27-2)24-16-7-11-25(12-8-16)15-17-6-4-5-9-21-17/h4-6,9,16H,3,7-8,10-15H2,1-2H3,(H,22,26)(H2,20,23,24). The second-order valence-electron chi connectivity index (χ2n) is 6.55. The van der Waals surface area contributed by atoms with Crippen LogP contribution < -0.4 is 16.0 Å². The van der Waals surface area contributed by atoms with E-state index in [4.69, 9.17) is 4.74 Å². The lowest BCUT2D eigenvalue weighted by Crippen LogP contribution is -2.48. The summed E-state index contributed by atoms with van der Waals surface area (Å²) in [5, 5.41) is 9.44. The van der Waals surface area contributed by atoms with Crippen LogP contribution in [0.3, 0.4) is 0 Å². The van der Waals surface area contributed by atoms with Crippen LogP contribution in [0.1, 0.15) is 25.5 Å². The molecule has 0 spiro atoms. The first-order valence-electron chi connectivity index (χ1n) is 9.64. The third-order valence-corrected chi connectivity index (χ3v) is 4.39. The van der Waals surface area contributed by atoms with Crippen molar-refractivity contribution >= 4 is 11.9 Å². The number of nitrogens with one attached hydrogen (secondary N) is 3. The molecule has 8 heteroatoms. The quantitative estimate of drug-likeness (QED) is 0.328. The molecule has 1 aliphatic heterocycles. The molecule has 0 radical (unpaired) electrons. The molecule has 0 unspecified atom stereocenters. The van der Waals surface area contributed by atoms with E-state index in [-0.39, 0.29) is 12.5 Å². The summed E-state index contributed by atoms with van der Waals surface area (Å²) < 4.78 is 4.92. The Morgan fingerprint density at radius 3 is 2.81 bits per heavy atom. The van der Waals surface area contributed by atoms with Gasteiger partial charge in [-0.2, -0.15) is 0 Å². The van der Waals surface area contributed by atoms with Gasteiger partial charge < -0.3 is 20.7 Å². The predicted octanol–water partition coefficient (Wildman–Crippen LogP) is 0.364. The van der Waals surface area contributed by atoms with Gasteiger partial charge in [-0.3, -0.25) is 14.7 Å². The Hall–Kier alpha value is -2.19. The topological polar surface area (TPSA) is 90.9 Å². The van der Waals surface area contributed by atoms with Crippen molar-refractivity contribution in [2.45, 2.75) is 32.4 Å². The van der Waals surface area contributed by atoms with Gasteiger partial charge in [-0.1, -0.05) is 6.07 Å². The molecule has 0 bridgehead atoms. The zero-order valence-corrected chi connectivity index (χ0v) is 16.4. The first kappa shape index (κ1) is 21.1. The van der Waals surface area contributed by atoms with Gasteiger partial charge >= 0.3 is 0 Å². The largest absolute Gasteiger partial charge is 0.383 e. The number of carbonyl (C=O) groups is 1. The molecule has 150 valence electrons. The monoisotopic (exact) mass is 376 g/mol. The number of piperidine rings is 1. The van der Waals surface area contributed by atoms with Gasteiger partial charge in [-0.25, -0.2) is 4.99 Å². The van der Waals surface area contributed by atoms with E-state index in [0.29, 0.717) is 25.2 Å². The van der Waals surface area contributed by atoms with E-state index >= 15 is 0 Å². The van der Waals surface area contributed by atoms with Gasteiger partial charge in [0, 0.05) is 52.1 Å². The third kappa shape index (κ3) is 8.36. The number of pyridine rings is 1. The average molecular weight is 377 g/mol.